The molecule has 0 aliphatic carbocycles. The lowest BCUT2D eigenvalue weighted by atomic mass is 10.1. The van der Waals surface area contributed by atoms with Crippen LogP contribution < -0.4 is 0 Å². The van der Waals surface area contributed by atoms with E-state index in [1.807, 2.05) is 0 Å². The van der Waals surface area contributed by atoms with Crippen LogP contribution in [0.2, 0.25) is 0 Å². The van der Waals surface area contributed by atoms with Crippen molar-refractivity contribution in [1.29, 1.82) is 0 Å². The van der Waals surface area contributed by atoms with Crippen LogP contribution in [-0.2, 0) is 0 Å². The maximum Gasteiger partial charge on any atom is 0.00989 e. The Kier molecular flexibility index (Phi) is 5.41. The second-order valence-electron chi connectivity index (χ2n) is 2.82. The summed E-state index contributed by atoms with van der Waals surface area (Å²) in [5.74, 6) is 3.21. The summed E-state index contributed by atoms with van der Waals surface area (Å²) in [5, 5.41) is 0. The smallest absolute Gasteiger partial charge is 0.00989 e. The van der Waals surface area contributed by atoms with Gasteiger partial charge >= 0.3 is 0 Å². The molecule has 0 aliphatic heterocycles. The van der Waals surface area contributed by atoms with Gasteiger partial charge in [0.1, 0.15) is 0 Å². The molecule has 0 heteroatoms. The van der Waals surface area contributed by atoms with E-state index in [2.05, 4.69) is 19.8 Å². The molecule has 0 N–H and O–H groups in total. The van der Waals surface area contributed by atoms with Gasteiger partial charge in [0.15, 0.2) is 0 Å². The van der Waals surface area contributed by atoms with E-state index in [1.165, 1.54) is 12.8 Å². The molecule has 0 nitrogen and oxygen atoms in total. The molecule has 0 aliphatic rings. The minimum atomic E-state index is 0.815. The first-order valence-electron chi connectivity index (χ1n) is 3.67. The molecule has 0 spiro atoms. The molecule has 0 aromatic rings. The van der Waals surface area contributed by atoms with Gasteiger partial charge in [0.05, 0.1) is 0 Å². The number of hydrogen-bond acceptors (Lipinski definition) is 0. The van der Waals surface area contributed by atoms with Crippen LogP contribution in [0.4, 0.5) is 0 Å². The average Bonchev–Trinajstić information content (AvgIpc) is 1.80. The van der Waals surface area contributed by atoms with E-state index >= 15 is 0 Å². The van der Waals surface area contributed by atoms with Crippen LogP contribution in [0.3, 0.4) is 0 Å². The number of hydrogen-bond donors (Lipinski definition) is 0. The van der Waals surface area contributed by atoms with Crippen molar-refractivity contribution in [2.45, 2.75) is 39.5 Å². The molecule has 0 saturated carbocycles. The second-order valence-corrected chi connectivity index (χ2v) is 2.82. The Morgan fingerprint density at radius 3 is 2.44 bits per heavy atom. The highest BCUT2D eigenvalue weighted by molar-refractivity contribution is 4.74. The van der Waals surface area contributed by atoms with E-state index in [-0.39, 0.29) is 0 Å². The van der Waals surface area contributed by atoms with Crippen LogP contribution in [-0.4, -0.2) is 0 Å². The monoisotopic (exact) mass is 123 g/mol. The molecule has 0 heterocycles. The fourth-order valence-corrected chi connectivity index (χ4v) is 0.766. The Balaban J connectivity index is 2.85. The summed E-state index contributed by atoms with van der Waals surface area (Å²) in [6, 6.07) is 0. The van der Waals surface area contributed by atoms with Gasteiger partial charge in [0, 0.05) is 6.42 Å². The second kappa shape index (κ2) is 5.69. The molecule has 0 unspecified atom stereocenters. The van der Waals surface area contributed by atoms with Gasteiger partial charge in [0.2, 0.25) is 0 Å². The molecular formula is C9H15. The zero-order valence-corrected chi connectivity index (χ0v) is 6.41. The third kappa shape index (κ3) is 7.56. The first kappa shape index (κ1) is 8.56. The third-order valence-electron chi connectivity index (χ3n) is 1.33. The fourth-order valence-electron chi connectivity index (χ4n) is 0.766. The SMILES string of the molecule is [C]#CCCCCC(C)C. The first-order valence-corrected chi connectivity index (χ1v) is 3.67. The van der Waals surface area contributed by atoms with E-state index in [0.717, 1.165) is 18.8 Å². The standard InChI is InChI=1S/C9H15/c1-4-5-6-7-8-9(2)3/h9H,5-8H2,2-3H3. The molecule has 0 atom stereocenters. The van der Waals surface area contributed by atoms with Crippen molar-refractivity contribution in [2.75, 3.05) is 0 Å². The third-order valence-corrected chi connectivity index (χ3v) is 1.33. The Labute approximate surface area is 58.7 Å². The topological polar surface area (TPSA) is 0 Å². The van der Waals surface area contributed by atoms with Gasteiger partial charge in [-0.2, -0.15) is 0 Å². The van der Waals surface area contributed by atoms with Crippen molar-refractivity contribution in [3.63, 3.8) is 0 Å². The molecule has 0 saturated heterocycles. The zero-order valence-electron chi connectivity index (χ0n) is 6.41. The van der Waals surface area contributed by atoms with Crippen molar-refractivity contribution >= 4 is 0 Å². The fraction of sp³-hybridized carbons (Fsp3) is 0.778. The van der Waals surface area contributed by atoms with Crippen LogP contribution in [0.5, 0.6) is 0 Å². The van der Waals surface area contributed by atoms with Gasteiger partial charge in [-0.15, -0.1) is 0 Å². The van der Waals surface area contributed by atoms with Crippen LogP contribution in [0.15, 0.2) is 0 Å². The van der Waals surface area contributed by atoms with Crippen molar-refractivity contribution in [3.05, 3.63) is 6.42 Å². The first-order chi connectivity index (χ1) is 4.27. The highest BCUT2D eigenvalue weighted by Gasteiger charge is 1.91. The molecule has 1 radical (unpaired) electrons. The predicted molar refractivity (Wildman–Crippen MR) is 40.4 cm³/mol. The lowest BCUT2D eigenvalue weighted by Gasteiger charge is -2.00. The Morgan fingerprint density at radius 1 is 1.33 bits per heavy atom. The summed E-state index contributed by atoms with van der Waals surface area (Å²) in [4.78, 5) is 0. The van der Waals surface area contributed by atoms with Gasteiger partial charge < -0.3 is 0 Å². The van der Waals surface area contributed by atoms with Crippen LogP contribution in [0.25, 0.3) is 0 Å². The highest BCUT2D eigenvalue weighted by Crippen LogP contribution is 2.06. The van der Waals surface area contributed by atoms with Crippen LogP contribution >= 0.6 is 0 Å². The number of unbranched alkanes of at least 4 members (excludes halogenated alkanes) is 2. The molecule has 51 valence electrons. The molecule has 9 heavy (non-hydrogen) atoms. The number of rotatable bonds is 4. The summed E-state index contributed by atoms with van der Waals surface area (Å²) >= 11 is 0. The van der Waals surface area contributed by atoms with Crippen LogP contribution in [0.1, 0.15) is 39.5 Å². The van der Waals surface area contributed by atoms with Gasteiger partial charge in [-0.3, -0.25) is 0 Å². The Hall–Kier alpha value is -0.440. The molecule has 0 aromatic carbocycles. The minimum absolute atomic E-state index is 0.815. The maximum atomic E-state index is 6.64. The highest BCUT2D eigenvalue weighted by atomic mass is 14.0. The molecule has 0 bridgehead atoms. The zero-order chi connectivity index (χ0) is 7.11. The van der Waals surface area contributed by atoms with Crippen molar-refractivity contribution in [2.24, 2.45) is 5.92 Å². The molecular weight excluding hydrogens is 108 g/mol. The van der Waals surface area contributed by atoms with Gasteiger partial charge in [-0.05, 0) is 18.8 Å². The molecule has 0 amide bonds. The predicted octanol–water partition coefficient (Wildman–Crippen LogP) is 2.79. The van der Waals surface area contributed by atoms with Gasteiger partial charge in [-0.25, -0.2) is 0 Å². The minimum Gasteiger partial charge on any atom is -0.0891 e. The maximum absolute atomic E-state index is 6.64. The average molecular weight is 123 g/mol. The van der Waals surface area contributed by atoms with E-state index in [9.17, 15) is 0 Å². The lowest BCUT2D eigenvalue weighted by molar-refractivity contribution is 0.542. The summed E-state index contributed by atoms with van der Waals surface area (Å²) in [5.41, 5.74) is 0. The van der Waals surface area contributed by atoms with E-state index in [1.54, 1.807) is 0 Å². The van der Waals surface area contributed by atoms with E-state index < -0.39 is 0 Å². The van der Waals surface area contributed by atoms with Crippen LogP contribution in [0, 0.1) is 18.3 Å². The van der Waals surface area contributed by atoms with Crippen molar-refractivity contribution in [3.8, 4) is 5.92 Å². The lowest BCUT2D eigenvalue weighted by Crippen LogP contribution is -1.85. The summed E-state index contributed by atoms with van der Waals surface area (Å²) < 4.78 is 0. The summed E-state index contributed by atoms with van der Waals surface area (Å²) in [6.07, 6.45) is 11.2. The van der Waals surface area contributed by atoms with E-state index in [4.69, 9.17) is 6.42 Å². The molecule has 0 rings (SSSR count). The van der Waals surface area contributed by atoms with Crippen molar-refractivity contribution in [1.82, 2.24) is 0 Å². The van der Waals surface area contributed by atoms with E-state index in [0.29, 0.717) is 0 Å². The summed E-state index contributed by atoms with van der Waals surface area (Å²) in [7, 11) is 0. The Bertz CT molecular complexity index is 84.7. The quantitative estimate of drug-likeness (QED) is 0.398. The largest absolute Gasteiger partial charge is 0.0891 e. The normalized spacial score (nSPS) is 9.56. The molecule has 0 aromatic heterocycles. The van der Waals surface area contributed by atoms with Gasteiger partial charge in [0.25, 0.3) is 0 Å². The van der Waals surface area contributed by atoms with Gasteiger partial charge in [-0.1, -0.05) is 32.6 Å². The Morgan fingerprint density at radius 2 is 2.00 bits per heavy atom. The van der Waals surface area contributed by atoms with Crippen molar-refractivity contribution < 1.29 is 0 Å². The molecule has 0 fully saturated rings. The summed E-state index contributed by atoms with van der Waals surface area (Å²) in [6.45, 7) is 4.46.